The Kier molecular flexibility index (Phi) is 5.33. The van der Waals surface area contributed by atoms with E-state index in [1.54, 1.807) is 0 Å². The SMILES string of the molecule is CCc1cccc(NC(CC)CC(N)=NO)c1. The van der Waals surface area contributed by atoms with Crippen molar-refractivity contribution >= 4 is 11.5 Å². The number of aryl methyl sites for hydroxylation is 1. The number of hydrogen-bond acceptors (Lipinski definition) is 3. The first-order valence-electron chi connectivity index (χ1n) is 6.01. The molecule has 17 heavy (non-hydrogen) atoms. The second-order valence-electron chi connectivity index (χ2n) is 4.10. The highest BCUT2D eigenvalue weighted by Gasteiger charge is 2.08. The molecule has 4 nitrogen and oxygen atoms in total. The summed E-state index contributed by atoms with van der Waals surface area (Å²) in [6, 6.07) is 8.51. The molecular weight excluding hydrogens is 214 g/mol. The van der Waals surface area contributed by atoms with Gasteiger partial charge in [-0.1, -0.05) is 31.1 Å². The van der Waals surface area contributed by atoms with Crippen LogP contribution in [0.15, 0.2) is 29.4 Å². The van der Waals surface area contributed by atoms with E-state index in [1.807, 2.05) is 12.1 Å². The van der Waals surface area contributed by atoms with E-state index in [0.717, 1.165) is 18.5 Å². The zero-order valence-electron chi connectivity index (χ0n) is 10.5. The summed E-state index contributed by atoms with van der Waals surface area (Å²) in [4.78, 5) is 0. The van der Waals surface area contributed by atoms with Gasteiger partial charge in [0, 0.05) is 18.2 Å². The molecule has 1 aromatic rings. The van der Waals surface area contributed by atoms with Gasteiger partial charge in [-0.15, -0.1) is 0 Å². The number of hydrogen-bond donors (Lipinski definition) is 3. The number of amidine groups is 1. The molecular formula is C13H21N3O. The highest BCUT2D eigenvalue weighted by Crippen LogP contribution is 2.14. The van der Waals surface area contributed by atoms with Crippen LogP contribution in [0, 0.1) is 0 Å². The van der Waals surface area contributed by atoms with Gasteiger partial charge in [0.15, 0.2) is 0 Å². The molecule has 0 heterocycles. The number of rotatable bonds is 6. The molecule has 0 saturated heterocycles. The fourth-order valence-electron chi connectivity index (χ4n) is 1.71. The number of nitrogens with one attached hydrogen (secondary N) is 1. The van der Waals surface area contributed by atoms with Crippen molar-refractivity contribution in [2.75, 3.05) is 5.32 Å². The molecule has 0 aliphatic carbocycles. The van der Waals surface area contributed by atoms with Gasteiger partial charge in [-0.25, -0.2) is 0 Å². The highest BCUT2D eigenvalue weighted by molar-refractivity contribution is 5.80. The minimum absolute atomic E-state index is 0.193. The first kappa shape index (κ1) is 13.4. The summed E-state index contributed by atoms with van der Waals surface area (Å²) in [5.74, 6) is 0.260. The first-order chi connectivity index (χ1) is 8.19. The van der Waals surface area contributed by atoms with Crippen LogP contribution in [0.4, 0.5) is 5.69 Å². The maximum Gasteiger partial charge on any atom is 0.141 e. The molecule has 0 aliphatic heterocycles. The lowest BCUT2D eigenvalue weighted by Crippen LogP contribution is -2.26. The Labute approximate surface area is 103 Å². The molecule has 1 rings (SSSR count). The zero-order valence-corrected chi connectivity index (χ0v) is 10.5. The van der Waals surface area contributed by atoms with Crippen LogP contribution in [0.3, 0.4) is 0 Å². The topological polar surface area (TPSA) is 70.6 Å². The van der Waals surface area contributed by atoms with Gasteiger partial charge >= 0.3 is 0 Å². The van der Waals surface area contributed by atoms with E-state index in [9.17, 15) is 0 Å². The number of oxime groups is 1. The molecule has 0 radical (unpaired) electrons. The molecule has 0 aliphatic rings. The standard InChI is InChI=1S/C13H21N3O/c1-3-10-6-5-7-12(8-10)15-11(4-2)9-13(14)16-17/h5-8,11,15,17H,3-4,9H2,1-2H3,(H2,14,16). The second-order valence-corrected chi connectivity index (χ2v) is 4.10. The normalized spacial score (nSPS) is 13.4. The smallest absolute Gasteiger partial charge is 0.141 e. The van der Waals surface area contributed by atoms with E-state index in [-0.39, 0.29) is 11.9 Å². The lowest BCUT2D eigenvalue weighted by molar-refractivity contribution is 0.316. The Hall–Kier alpha value is -1.71. The molecule has 0 saturated carbocycles. The van der Waals surface area contributed by atoms with Crippen LogP contribution in [0.25, 0.3) is 0 Å². The summed E-state index contributed by atoms with van der Waals surface area (Å²) >= 11 is 0. The Balaban J connectivity index is 2.66. The average molecular weight is 235 g/mol. The molecule has 0 amide bonds. The summed E-state index contributed by atoms with van der Waals surface area (Å²) in [6.45, 7) is 4.21. The maximum absolute atomic E-state index is 8.56. The Morgan fingerprint density at radius 1 is 1.47 bits per heavy atom. The van der Waals surface area contributed by atoms with Crippen LogP contribution in [0.2, 0.25) is 0 Å². The minimum Gasteiger partial charge on any atom is -0.409 e. The highest BCUT2D eigenvalue weighted by atomic mass is 16.4. The van der Waals surface area contributed by atoms with Gasteiger partial charge in [0.1, 0.15) is 5.84 Å². The lowest BCUT2D eigenvalue weighted by atomic mass is 10.1. The molecule has 4 heteroatoms. The molecule has 1 aromatic carbocycles. The Bertz CT molecular complexity index is 377. The van der Waals surface area contributed by atoms with Crippen molar-refractivity contribution in [2.24, 2.45) is 10.9 Å². The second kappa shape index (κ2) is 6.78. The van der Waals surface area contributed by atoms with Crippen LogP contribution < -0.4 is 11.1 Å². The van der Waals surface area contributed by atoms with Crippen molar-refractivity contribution in [3.05, 3.63) is 29.8 Å². The largest absolute Gasteiger partial charge is 0.409 e. The van der Waals surface area contributed by atoms with Gasteiger partial charge in [-0.2, -0.15) is 0 Å². The van der Waals surface area contributed by atoms with E-state index >= 15 is 0 Å². The predicted octanol–water partition coefficient (Wildman–Crippen LogP) is 2.58. The number of nitrogens with zero attached hydrogens (tertiary/aromatic N) is 1. The third kappa shape index (κ3) is 4.34. The van der Waals surface area contributed by atoms with Crippen molar-refractivity contribution in [3.8, 4) is 0 Å². The quantitative estimate of drug-likeness (QED) is 0.307. The van der Waals surface area contributed by atoms with E-state index in [4.69, 9.17) is 10.9 Å². The molecule has 1 unspecified atom stereocenters. The Morgan fingerprint density at radius 3 is 2.82 bits per heavy atom. The Morgan fingerprint density at radius 2 is 2.24 bits per heavy atom. The van der Waals surface area contributed by atoms with Gasteiger partial charge in [0.25, 0.3) is 0 Å². The van der Waals surface area contributed by atoms with Gasteiger partial charge < -0.3 is 16.3 Å². The van der Waals surface area contributed by atoms with E-state index in [2.05, 4.69) is 36.5 Å². The van der Waals surface area contributed by atoms with Crippen molar-refractivity contribution < 1.29 is 5.21 Å². The molecule has 4 N–H and O–H groups in total. The number of nitrogens with two attached hydrogens (primary N) is 1. The first-order valence-corrected chi connectivity index (χ1v) is 6.01. The van der Waals surface area contributed by atoms with Gasteiger partial charge in [-0.3, -0.25) is 0 Å². The van der Waals surface area contributed by atoms with E-state index in [0.29, 0.717) is 6.42 Å². The summed E-state index contributed by atoms with van der Waals surface area (Å²) in [7, 11) is 0. The summed E-state index contributed by atoms with van der Waals surface area (Å²) < 4.78 is 0. The molecule has 0 bridgehead atoms. The number of benzene rings is 1. The molecule has 1 atom stereocenters. The zero-order chi connectivity index (χ0) is 12.7. The van der Waals surface area contributed by atoms with E-state index < -0.39 is 0 Å². The monoisotopic (exact) mass is 235 g/mol. The van der Waals surface area contributed by atoms with Crippen molar-refractivity contribution in [3.63, 3.8) is 0 Å². The van der Waals surface area contributed by atoms with Crippen molar-refractivity contribution in [1.29, 1.82) is 0 Å². The number of anilines is 1. The fourth-order valence-corrected chi connectivity index (χ4v) is 1.71. The third-order valence-electron chi connectivity index (χ3n) is 2.78. The van der Waals surface area contributed by atoms with Crippen LogP contribution in [0.1, 0.15) is 32.3 Å². The summed E-state index contributed by atoms with van der Waals surface area (Å²) in [5.41, 5.74) is 7.90. The van der Waals surface area contributed by atoms with Gasteiger partial charge in [-0.05, 0) is 30.5 Å². The summed E-state index contributed by atoms with van der Waals surface area (Å²) in [5, 5.41) is 15.0. The van der Waals surface area contributed by atoms with Crippen LogP contribution in [-0.2, 0) is 6.42 Å². The van der Waals surface area contributed by atoms with Crippen molar-refractivity contribution in [1.82, 2.24) is 0 Å². The van der Waals surface area contributed by atoms with Crippen LogP contribution >= 0.6 is 0 Å². The molecule has 0 spiro atoms. The maximum atomic E-state index is 8.56. The fraction of sp³-hybridized carbons (Fsp3) is 0.462. The van der Waals surface area contributed by atoms with E-state index in [1.165, 1.54) is 5.56 Å². The van der Waals surface area contributed by atoms with Gasteiger partial charge in [0.2, 0.25) is 0 Å². The molecule has 0 aromatic heterocycles. The molecule has 0 fully saturated rings. The third-order valence-corrected chi connectivity index (χ3v) is 2.78. The van der Waals surface area contributed by atoms with Crippen molar-refractivity contribution in [2.45, 2.75) is 39.2 Å². The van der Waals surface area contributed by atoms with Crippen LogP contribution in [0.5, 0.6) is 0 Å². The average Bonchev–Trinajstić information content (AvgIpc) is 2.37. The predicted molar refractivity (Wildman–Crippen MR) is 71.5 cm³/mol. The minimum atomic E-state index is 0.193. The van der Waals surface area contributed by atoms with Gasteiger partial charge in [0.05, 0.1) is 0 Å². The summed E-state index contributed by atoms with van der Waals surface area (Å²) in [6.07, 6.45) is 2.49. The molecule has 94 valence electrons. The van der Waals surface area contributed by atoms with Crippen LogP contribution in [-0.4, -0.2) is 17.1 Å². The lowest BCUT2D eigenvalue weighted by Gasteiger charge is -2.18.